The molecule has 0 amide bonds. The smallest absolute Gasteiger partial charge is 0.164 e. The summed E-state index contributed by atoms with van der Waals surface area (Å²) < 4.78 is 6.83. The lowest BCUT2D eigenvalue weighted by Crippen LogP contribution is -2.25. The van der Waals surface area contributed by atoms with Crippen LogP contribution < -0.4 is 0 Å². The predicted molar refractivity (Wildman–Crippen MR) is 225 cm³/mol. The topological polar surface area (TPSA) is 51.8 Å². The Morgan fingerprint density at radius 1 is 0.339 bits per heavy atom. The molecule has 12 rings (SSSR count). The van der Waals surface area contributed by atoms with Gasteiger partial charge in [0.2, 0.25) is 0 Å². The van der Waals surface area contributed by atoms with Gasteiger partial charge < -0.3 is 4.42 Å². The number of furan rings is 1. The molecule has 0 unspecified atom stereocenters. The summed E-state index contributed by atoms with van der Waals surface area (Å²) in [7, 11) is 0. The largest absolute Gasteiger partial charge is 0.455 e. The van der Waals surface area contributed by atoms with Gasteiger partial charge in [-0.1, -0.05) is 170 Å². The molecular formula is C52H31N3O. The minimum absolute atomic E-state index is 0.474. The van der Waals surface area contributed by atoms with E-state index in [1.807, 2.05) is 66.7 Å². The maximum atomic E-state index is 6.83. The molecule has 0 bridgehead atoms. The Morgan fingerprint density at radius 3 is 1.55 bits per heavy atom. The van der Waals surface area contributed by atoms with E-state index >= 15 is 0 Å². The molecule has 8 aromatic carbocycles. The first-order chi connectivity index (χ1) is 27.8. The molecule has 0 saturated heterocycles. The molecule has 1 spiro atoms. The average Bonchev–Trinajstić information content (AvgIpc) is 3.91. The Balaban J connectivity index is 1.08. The number of benzene rings is 8. The number of nitrogens with zero attached hydrogens (tertiary/aromatic N) is 3. The van der Waals surface area contributed by atoms with Crippen molar-refractivity contribution in [1.29, 1.82) is 0 Å². The van der Waals surface area contributed by atoms with Crippen LogP contribution in [0.1, 0.15) is 22.3 Å². The molecular weight excluding hydrogens is 683 g/mol. The van der Waals surface area contributed by atoms with Crippen LogP contribution in [0.25, 0.3) is 89.5 Å². The van der Waals surface area contributed by atoms with E-state index in [1.54, 1.807) is 0 Å². The van der Waals surface area contributed by atoms with Gasteiger partial charge in [0.15, 0.2) is 17.5 Å². The molecule has 56 heavy (non-hydrogen) atoms. The highest BCUT2D eigenvalue weighted by Gasteiger charge is 2.52. The third-order valence-electron chi connectivity index (χ3n) is 11.7. The van der Waals surface area contributed by atoms with Gasteiger partial charge in [-0.2, -0.15) is 0 Å². The predicted octanol–water partition coefficient (Wildman–Crippen LogP) is 12.8. The lowest BCUT2D eigenvalue weighted by Gasteiger charge is -2.30. The Labute approximate surface area is 323 Å². The Kier molecular flexibility index (Phi) is 6.52. The van der Waals surface area contributed by atoms with Crippen LogP contribution >= 0.6 is 0 Å². The molecule has 2 aromatic heterocycles. The van der Waals surface area contributed by atoms with Crippen molar-refractivity contribution in [3.8, 4) is 67.5 Å². The quantitative estimate of drug-likeness (QED) is 0.182. The summed E-state index contributed by atoms with van der Waals surface area (Å²) in [6.07, 6.45) is 0. The van der Waals surface area contributed by atoms with Crippen molar-refractivity contribution in [2.45, 2.75) is 5.41 Å². The second-order valence-corrected chi connectivity index (χ2v) is 14.7. The zero-order chi connectivity index (χ0) is 36.8. The first kappa shape index (κ1) is 31.0. The molecule has 2 aliphatic rings. The van der Waals surface area contributed by atoms with Crippen molar-refractivity contribution < 1.29 is 4.42 Å². The van der Waals surface area contributed by atoms with Crippen LogP contribution in [0, 0.1) is 0 Å². The maximum absolute atomic E-state index is 6.83. The third-order valence-corrected chi connectivity index (χ3v) is 11.7. The molecule has 0 atom stereocenters. The van der Waals surface area contributed by atoms with Gasteiger partial charge >= 0.3 is 0 Å². The molecule has 10 aromatic rings. The van der Waals surface area contributed by atoms with E-state index in [0.717, 1.165) is 55.3 Å². The monoisotopic (exact) mass is 713 g/mol. The summed E-state index contributed by atoms with van der Waals surface area (Å²) >= 11 is 0. The van der Waals surface area contributed by atoms with E-state index in [2.05, 4.69) is 121 Å². The molecule has 0 radical (unpaired) electrons. The molecule has 0 fully saturated rings. The van der Waals surface area contributed by atoms with Crippen LogP contribution in [0.5, 0.6) is 0 Å². The van der Waals surface area contributed by atoms with Crippen molar-refractivity contribution in [2.24, 2.45) is 0 Å². The van der Waals surface area contributed by atoms with E-state index in [1.165, 1.54) is 38.9 Å². The average molecular weight is 714 g/mol. The number of aromatic nitrogens is 3. The van der Waals surface area contributed by atoms with Crippen molar-refractivity contribution in [2.75, 3.05) is 0 Å². The van der Waals surface area contributed by atoms with Crippen LogP contribution in [0.15, 0.2) is 192 Å². The molecule has 4 heteroatoms. The molecule has 0 aliphatic heterocycles. The van der Waals surface area contributed by atoms with Crippen LogP contribution in [-0.4, -0.2) is 15.0 Å². The van der Waals surface area contributed by atoms with Gasteiger partial charge in [0.05, 0.1) is 5.41 Å². The van der Waals surface area contributed by atoms with E-state index in [4.69, 9.17) is 19.4 Å². The molecule has 0 N–H and O–H groups in total. The van der Waals surface area contributed by atoms with Gasteiger partial charge in [-0.3, -0.25) is 0 Å². The van der Waals surface area contributed by atoms with Gasteiger partial charge in [0.25, 0.3) is 0 Å². The summed E-state index contributed by atoms with van der Waals surface area (Å²) in [6, 6.07) is 66.6. The zero-order valence-corrected chi connectivity index (χ0v) is 30.1. The Morgan fingerprint density at radius 2 is 0.857 bits per heavy atom. The first-order valence-electron chi connectivity index (χ1n) is 19.0. The van der Waals surface area contributed by atoms with Gasteiger partial charge in [-0.15, -0.1) is 0 Å². The van der Waals surface area contributed by atoms with Crippen LogP contribution in [0.3, 0.4) is 0 Å². The molecule has 260 valence electrons. The van der Waals surface area contributed by atoms with E-state index in [-0.39, 0.29) is 0 Å². The van der Waals surface area contributed by atoms with Crippen LogP contribution in [0.2, 0.25) is 0 Å². The molecule has 2 aliphatic carbocycles. The van der Waals surface area contributed by atoms with E-state index < -0.39 is 5.41 Å². The summed E-state index contributed by atoms with van der Waals surface area (Å²) in [5.41, 5.74) is 16.4. The van der Waals surface area contributed by atoms with Gasteiger partial charge in [-0.25, -0.2) is 15.0 Å². The normalized spacial score (nSPS) is 13.1. The van der Waals surface area contributed by atoms with Crippen molar-refractivity contribution >= 4 is 21.9 Å². The minimum atomic E-state index is -0.474. The fourth-order valence-corrected chi connectivity index (χ4v) is 9.36. The van der Waals surface area contributed by atoms with Gasteiger partial charge in [0.1, 0.15) is 11.2 Å². The number of hydrogen-bond acceptors (Lipinski definition) is 4. The summed E-state index contributed by atoms with van der Waals surface area (Å²) in [6.45, 7) is 0. The lowest BCUT2D eigenvalue weighted by molar-refractivity contribution is 0.669. The highest BCUT2D eigenvalue weighted by molar-refractivity contribution is 6.13. The zero-order valence-electron chi connectivity index (χ0n) is 30.1. The standard InChI is InChI=1S/C52H31N3O/c1-3-14-32(15-4-1)49-53-50(33-16-5-2-6-17-33)55-51(54-49)36-19-13-18-34(30-36)35-26-28-44-41(31-35)47-45(29-27-40-39-22-9-12-25-46(39)56-48(40)47)52(44)42-23-10-7-20-37(42)38-21-8-11-24-43(38)52/h1-31H. The summed E-state index contributed by atoms with van der Waals surface area (Å²) in [5.74, 6) is 1.92. The molecule has 2 heterocycles. The van der Waals surface area contributed by atoms with E-state index in [0.29, 0.717) is 17.5 Å². The molecule has 4 nitrogen and oxygen atoms in total. The van der Waals surface area contributed by atoms with Crippen molar-refractivity contribution in [3.63, 3.8) is 0 Å². The van der Waals surface area contributed by atoms with E-state index in [9.17, 15) is 0 Å². The number of rotatable bonds is 4. The number of hydrogen-bond donors (Lipinski definition) is 0. The van der Waals surface area contributed by atoms with Crippen molar-refractivity contribution in [3.05, 3.63) is 210 Å². The Hall–Kier alpha value is -7.43. The summed E-state index contributed by atoms with van der Waals surface area (Å²) in [4.78, 5) is 15.0. The Bertz CT molecular complexity index is 3100. The fourth-order valence-electron chi connectivity index (χ4n) is 9.36. The van der Waals surface area contributed by atoms with Crippen molar-refractivity contribution in [1.82, 2.24) is 15.0 Å². The fraction of sp³-hybridized carbons (Fsp3) is 0.0192. The summed E-state index contributed by atoms with van der Waals surface area (Å²) in [5, 5.41) is 2.26. The first-order valence-corrected chi connectivity index (χ1v) is 19.0. The highest BCUT2D eigenvalue weighted by atomic mass is 16.3. The number of para-hydroxylation sites is 1. The molecule has 0 saturated carbocycles. The lowest BCUT2D eigenvalue weighted by atomic mass is 9.70. The second-order valence-electron chi connectivity index (χ2n) is 14.7. The van der Waals surface area contributed by atoms with Crippen LogP contribution in [0.4, 0.5) is 0 Å². The van der Waals surface area contributed by atoms with Gasteiger partial charge in [-0.05, 0) is 68.3 Å². The SMILES string of the molecule is c1ccc(-c2nc(-c3ccccc3)nc(-c3cccc(-c4ccc5c(c4)-c4c(ccc6c4oc4ccccc46)C54c5ccccc5-c5ccccc54)c3)n2)cc1. The third kappa shape index (κ3) is 4.32. The number of fused-ring (bicyclic) bond motifs is 14. The second kappa shape index (κ2) is 11.8. The van der Waals surface area contributed by atoms with Gasteiger partial charge in [0, 0.05) is 33.0 Å². The minimum Gasteiger partial charge on any atom is -0.455 e. The van der Waals surface area contributed by atoms with Crippen LogP contribution in [-0.2, 0) is 5.41 Å². The maximum Gasteiger partial charge on any atom is 0.164 e. The highest BCUT2D eigenvalue weighted by Crippen LogP contribution is 2.64.